The Kier molecular flexibility index (Phi) is 6.22. The molecule has 4 rings (SSSR count). The third-order valence-electron chi connectivity index (χ3n) is 4.75. The van der Waals surface area contributed by atoms with E-state index in [9.17, 15) is 0 Å². The number of aromatic nitrogens is 3. The van der Waals surface area contributed by atoms with Crippen molar-refractivity contribution < 1.29 is 4.74 Å². The summed E-state index contributed by atoms with van der Waals surface area (Å²) < 4.78 is 5.41. The summed E-state index contributed by atoms with van der Waals surface area (Å²) in [6.45, 7) is 5.66. The van der Waals surface area contributed by atoms with Crippen LogP contribution < -0.4 is 5.32 Å². The van der Waals surface area contributed by atoms with Gasteiger partial charge in [-0.3, -0.25) is 9.88 Å². The van der Waals surface area contributed by atoms with Crippen molar-refractivity contribution in [3.05, 3.63) is 60.8 Å². The van der Waals surface area contributed by atoms with Gasteiger partial charge in [-0.05, 0) is 25.1 Å². The fraction of sp³-hybridized carbons (Fsp3) is 0.318. The van der Waals surface area contributed by atoms with Crippen molar-refractivity contribution in [2.75, 3.05) is 44.7 Å². The van der Waals surface area contributed by atoms with Crippen molar-refractivity contribution in [3.63, 3.8) is 0 Å². The van der Waals surface area contributed by atoms with E-state index in [-0.39, 0.29) is 0 Å². The van der Waals surface area contributed by atoms with Crippen molar-refractivity contribution in [3.8, 4) is 22.8 Å². The number of nitrogens with one attached hydrogen (secondary N) is 1. The van der Waals surface area contributed by atoms with Gasteiger partial charge in [-0.2, -0.15) is 0 Å². The minimum absolute atomic E-state index is 0.708. The molecule has 1 aliphatic heterocycles. The summed E-state index contributed by atoms with van der Waals surface area (Å²) in [5, 5.41) is 3.47. The minimum Gasteiger partial charge on any atom is -0.379 e. The molecule has 0 bridgehead atoms. The molecule has 144 valence electrons. The quantitative estimate of drug-likeness (QED) is 0.639. The maximum Gasteiger partial charge on any atom is 0.162 e. The number of anilines is 1. The van der Waals surface area contributed by atoms with E-state index in [1.54, 1.807) is 6.20 Å². The third-order valence-corrected chi connectivity index (χ3v) is 4.75. The van der Waals surface area contributed by atoms with E-state index in [4.69, 9.17) is 14.7 Å². The molecule has 0 saturated carbocycles. The predicted molar refractivity (Wildman–Crippen MR) is 111 cm³/mol. The second kappa shape index (κ2) is 9.39. The summed E-state index contributed by atoms with van der Waals surface area (Å²) in [6.07, 6.45) is 2.85. The number of hydrogen-bond donors (Lipinski definition) is 1. The maximum absolute atomic E-state index is 5.41. The van der Waals surface area contributed by atoms with Gasteiger partial charge in [0.15, 0.2) is 5.82 Å². The topological polar surface area (TPSA) is 63.2 Å². The van der Waals surface area contributed by atoms with Crippen LogP contribution in [0.5, 0.6) is 0 Å². The van der Waals surface area contributed by atoms with Crippen LogP contribution in [-0.2, 0) is 4.74 Å². The molecule has 1 fully saturated rings. The standard InChI is InChI=1S/C22H25N5O/c1-2-7-18(8-3-1)22-25-20(19-9-4-5-10-23-19)17-21(26-22)24-11-6-12-27-13-15-28-16-14-27/h1-5,7-10,17H,6,11-16H2,(H,24,25,26). The molecule has 1 aliphatic rings. The van der Waals surface area contributed by atoms with E-state index in [0.717, 1.165) is 68.6 Å². The molecular weight excluding hydrogens is 350 g/mol. The highest BCUT2D eigenvalue weighted by Crippen LogP contribution is 2.23. The van der Waals surface area contributed by atoms with Crippen molar-refractivity contribution in [1.29, 1.82) is 0 Å². The maximum atomic E-state index is 5.41. The van der Waals surface area contributed by atoms with Gasteiger partial charge >= 0.3 is 0 Å². The summed E-state index contributed by atoms with van der Waals surface area (Å²) in [5.74, 6) is 1.54. The van der Waals surface area contributed by atoms with Crippen molar-refractivity contribution in [2.24, 2.45) is 0 Å². The molecule has 0 unspecified atom stereocenters. The van der Waals surface area contributed by atoms with Crippen LogP contribution in [0.15, 0.2) is 60.8 Å². The lowest BCUT2D eigenvalue weighted by Gasteiger charge is -2.26. The SMILES string of the molecule is c1ccc(-c2nc(NCCCN3CCOCC3)cc(-c3ccccn3)n2)cc1. The lowest BCUT2D eigenvalue weighted by molar-refractivity contribution is 0.0378. The minimum atomic E-state index is 0.708. The lowest BCUT2D eigenvalue weighted by atomic mass is 10.2. The van der Waals surface area contributed by atoms with Crippen LogP contribution in [0.25, 0.3) is 22.8 Å². The molecule has 3 aromatic rings. The number of hydrogen-bond acceptors (Lipinski definition) is 6. The summed E-state index contributed by atoms with van der Waals surface area (Å²) in [6, 6.07) is 17.9. The number of rotatable bonds is 7. The third kappa shape index (κ3) is 4.91. The lowest BCUT2D eigenvalue weighted by Crippen LogP contribution is -2.37. The van der Waals surface area contributed by atoms with Crippen LogP contribution in [0.3, 0.4) is 0 Å². The number of ether oxygens (including phenoxy) is 1. The van der Waals surface area contributed by atoms with Crippen molar-refractivity contribution >= 4 is 5.82 Å². The molecule has 2 aromatic heterocycles. The van der Waals surface area contributed by atoms with Gasteiger partial charge in [0.1, 0.15) is 5.82 Å². The van der Waals surface area contributed by atoms with E-state index in [1.165, 1.54) is 0 Å². The van der Waals surface area contributed by atoms with E-state index in [1.807, 2.05) is 54.6 Å². The predicted octanol–water partition coefficient (Wildman–Crippen LogP) is 3.34. The molecule has 0 amide bonds. The Bertz CT molecular complexity index is 809. The fourth-order valence-corrected chi connectivity index (χ4v) is 3.24. The Labute approximate surface area is 165 Å². The zero-order valence-electron chi connectivity index (χ0n) is 15.9. The number of pyridine rings is 1. The molecule has 6 nitrogen and oxygen atoms in total. The molecule has 0 aliphatic carbocycles. The van der Waals surface area contributed by atoms with E-state index in [0.29, 0.717) is 5.82 Å². The van der Waals surface area contributed by atoms with Gasteiger partial charge in [-0.15, -0.1) is 0 Å². The number of morpholine rings is 1. The zero-order chi connectivity index (χ0) is 19.0. The first-order chi connectivity index (χ1) is 13.9. The average Bonchev–Trinajstić information content (AvgIpc) is 2.78. The first kappa shape index (κ1) is 18.5. The zero-order valence-corrected chi connectivity index (χ0v) is 15.9. The van der Waals surface area contributed by atoms with Gasteiger partial charge < -0.3 is 10.1 Å². The molecule has 1 saturated heterocycles. The van der Waals surface area contributed by atoms with E-state index in [2.05, 4.69) is 15.2 Å². The molecule has 1 N–H and O–H groups in total. The molecule has 3 heterocycles. The Balaban J connectivity index is 1.49. The smallest absolute Gasteiger partial charge is 0.162 e. The second-order valence-electron chi connectivity index (χ2n) is 6.78. The van der Waals surface area contributed by atoms with Crippen LogP contribution in [0.4, 0.5) is 5.82 Å². The van der Waals surface area contributed by atoms with Gasteiger partial charge in [0.2, 0.25) is 0 Å². The van der Waals surface area contributed by atoms with E-state index < -0.39 is 0 Å². The Morgan fingerprint density at radius 1 is 0.929 bits per heavy atom. The Morgan fingerprint density at radius 3 is 2.54 bits per heavy atom. The first-order valence-electron chi connectivity index (χ1n) is 9.78. The van der Waals surface area contributed by atoms with Gasteiger partial charge in [0, 0.05) is 37.5 Å². The summed E-state index contributed by atoms with van der Waals surface area (Å²) in [5.41, 5.74) is 2.67. The normalized spacial score (nSPS) is 14.7. The van der Waals surface area contributed by atoms with Crippen LogP contribution in [-0.4, -0.2) is 59.2 Å². The number of nitrogens with zero attached hydrogens (tertiary/aromatic N) is 4. The van der Waals surface area contributed by atoms with Crippen LogP contribution >= 0.6 is 0 Å². The summed E-state index contributed by atoms with van der Waals surface area (Å²) in [7, 11) is 0. The largest absolute Gasteiger partial charge is 0.379 e. The van der Waals surface area contributed by atoms with E-state index >= 15 is 0 Å². The number of benzene rings is 1. The monoisotopic (exact) mass is 375 g/mol. The van der Waals surface area contributed by atoms with Gasteiger partial charge in [-0.25, -0.2) is 9.97 Å². The average molecular weight is 375 g/mol. The summed E-state index contributed by atoms with van der Waals surface area (Å²) in [4.78, 5) is 16.4. The Morgan fingerprint density at radius 2 is 1.75 bits per heavy atom. The highest BCUT2D eigenvalue weighted by Gasteiger charge is 2.11. The van der Waals surface area contributed by atoms with Gasteiger partial charge in [0.05, 0.1) is 24.6 Å². The Hall–Kier alpha value is -2.83. The molecule has 0 atom stereocenters. The molecule has 28 heavy (non-hydrogen) atoms. The van der Waals surface area contributed by atoms with Gasteiger partial charge in [0.25, 0.3) is 0 Å². The fourth-order valence-electron chi connectivity index (χ4n) is 3.24. The first-order valence-corrected chi connectivity index (χ1v) is 9.78. The van der Waals surface area contributed by atoms with Crippen molar-refractivity contribution in [1.82, 2.24) is 19.9 Å². The molecule has 0 spiro atoms. The second-order valence-corrected chi connectivity index (χ2v) is 6.78. The molecular formula is C22H25N5O. The highest BCUT2D eigenvalue weighted by atomic mass is 16.5. The molecule has 1 aromatic carbocycles. The highest BCUT2D eigenvalue weighted by molar-refractivity contribution is 5.65. The van der Waals surface area contributed by atoms with Crippen LogP contribution in [0.1, 0.15) is 6.42 Å². The van der Waals surface area contributed by atoms with Crippen molar-refractivity contribution in [2.45, 2.75) is 6.42 Å². The van der Waals surface area contributed by atoms with Crippen LogP contribution in [0.2, 0.25) is 0 Å². The summed E-state index contributed by atoms with van der Waals surface area (Å²) >= 11 is 0. The van der Waals surface area contributed by atoms with Crippen LogP contribution in [0, 0.1) is 0 Å². The molecule has 6 heteroatoms. The van der Waals surface area contributed by atoms with Gasteiger partial charge in [-0.1, -0.05) is 36.4 Å². The molecule has 0 radical (unpaired) electrons.